The summed E-state index contributed by atoms with van der Waals surface area (Å²) in [6.07, 6.45) is 14.4. The first-order chi connectivity index (χ1) is 20.4. The first kappa shape index (κ1) is 36.5. The molecule has 1 N–H and O–H groups in total. The SMILES string of the molecule is CCCCCCC(C(=O)O)=C(CC)c1ccc(OC)cc1.CCCCCCCCOC(=O)C(=Cc1ccccc1)OC. The van der Waals surface area contributed by atoms with Gasteiger partial charge < -0.3 is 19.3 Å². The van der Waals surface area contributed by atoms with Gasteiger partial charge in [-0.15, -0.1) is 0 Å². The number of aliphatic carboxylic acids is 1. The van der Waals surface area contributed by atoms with Crippen LogP contribution >= 0.6 is 0 Å². The molecule has 0 spiro atoms. The number of esters is 1. The Morgan fingerprint density at radius 1 is 0.762 bits per heavy atom. The van der Waals surface area contributed by atoms with Crippen LogP contribution in [0.3, 0.4) is 0 Å². The highest BCUT2D eigenvalue weighted by molar-refractivity contribution is 5.96. The van der Waals surface area contributed by atoms with E-state index in [-0.39, 0.29) is 5.76 Å². The maximum atomic E-state index is 11.9. The Morgan fingerprint density at radius 3 is 1.90 bits per heavy atom. The molecule has 0 fully saturated rings. The molecule has 0 saturated carbocycles. The van der Waals surface area contributed by atoms with Gasteiger partial charge in [0.1, 0.15) is 5.75 Å². The van der Waals surface area contributed by atoms with Crippen molar-refractivity contribution in [1.29, 1.82) is 0 Å². The third-order valence-corrected chi connectivity index (χ3v) is 6.94. The quantitative estimate of drug-likeness (QED) is 0.0771. The largest absolute Gasteiger partial charge is 0.497 e. The molecular formula is C36H52O6. The van der Waals surface area contributed by atoms with Gasteiger partial charge in [-0.05, 0) is 60.6 Å². The lowest BCUT2D eigenvalue weighted by Gasteiger charge is -2.12. The molecule has 6 heteroatoms. The van der Waals surface area contributed by atoms with Crippen molar-refractivity contribution in [2.45, 2.75) is 97.8 Å². The Kier molecular flexibility index (Phi) is 20.0. The van der Waals surface area contributed by atoms with Crippen molar-refractivity contribution in [3.05, 3.63) is 77.1 Å². The molecule has 42 heavy (non-hydrogen) atoms. The van der Waals surface area contributed by atoms with Crippen LogP contribution in [-0.2, 0) is 19.1 Å². The van der Waals surface area contributed by atoms with E-state index in [1.165, 1.54) is 32.8 Å². The van der Waals surface area contributed by atoms with Crippen molar-refractivity contribution < 1.29 is 28.9 Å². The van der Waals surface area contributed by atoms with Crippen LogP contribution in [0.15, 0.2) is 65.9 Å². The molecule has 0 aromatic heterocycles. The van der Waals surface area contributed by atoms with Crippen LogP contribution < -0.4 is 4.74 Å². The van der Waals surface area contributed by atoms with Gasteiger partial charge >= 0.3 is 11.9 Å². The molecule has 2 rings (SSSR count). The van der Waals surface area contributed by atoms with Gasteiger partial charge in [0.15, 0.2) is 0 Å². The van der Waals surface area contributed by atoms with Crippen molar-refractivity contribution in [3.63, 3.8) is 0 Å². The normalized spacial score (nSPS) is 11.6. The second kappa shape index (κ2) is 23.1. The van der Waals surface area contributed by atoms with Crippen molar-refractivity contribution >= 4 is 23.6 Å². The summed E-state index contributed by atoms with van der Waals surface area (Å²) >= 11 is 0. The minimum Gasteiger partial charge on any atom is -0.497 e. The number of allylic oxidation sites excluding steroid dienone is 1. The smallest absolute Gasteiger partial charge is 0.373 e. The summed E-state index contributed by atoms with van der Waals surface area (Å²) in [4.78, 5) is 23.5. The van der Waals surface area contributed by atoms with Crippen molar-refractivity contribution in [1.82, 2.24) is 0 Å². The molecule has 0 amide bonds. The average molecular weight is 581 g/mol. The number of hydrogen-bond acceptors (Lipinski definition) is 5. The van der Waals surface area contributed by atoms with Gasteiger partial charge in [0, 0.05) is 5.57 Å². The molecule has 0 heterocycles. The van der Waals surface area contributed by atoms with Gasteiger partial charge in [0.05, 0.1) is 20.8 Å². The molecule has 0 saturated heterocycles. The predicted molar refractivity (Wildman–Crippen MR) is 172 cm³/mol. The lowest BCUT2D eigenvalue weighted by atomic mass is 9.94. The van der Waals surface area contributed by atoms with E-state index in [0.717, 1.165) is 67.4 Å². The van der Waals surface area contributed by atoms with Gasteiger partial charge in [0.2, 0.25) is 5.76 Å². The van der Waals surface area contributed by atoms with Gasteiger partial charge in [-0.25, -0.2) is 9.59 Å². The molecule has 0 aliphatic carbocycles. The van der Waals surface area contributed by atoms with Crippen LogP contribution in [-0.4, -0.2) is 37.9 Å². The Hall–Kier alpha value is -3.54. The highest BCUT2D eigenvalue weighted by atomic mass is 16.6. The van der Waals surface area contributed by atoms with Crippen LogP contribution in [0.25, 0.3) is 11.6 Å². The number of rotatable bonds is 19. The van der Waals surface area contributed by atoms with Crippen LogP contribution in [0.4, 0.5) is 0 Å². The Morgan fingerprint density at radius 2 is 1.36 bits per heavy atom. The van der Waals surface area contributed by atoms with E-state index in [1.807, 2.05) is 61.5 Å². The highest BCUT2D eigenvalue weighted by Crippen LogP contribution is 2.27. The number of carboxylic acids is 1. The van der Waals surface area contributed by atoms with Crippen LogP contribution in [0.1, 0.15) is 109 Å². The zero-order chi connectivity index (χ0) is 31.0. The topological polar surface area (TPSA) is 82.1 Å². The van der Waals surface area contributed by atoms with Crippen LogP contribution in [0, 0.1) is 0 Å². The van der Waals surface area contributed by atoms with E-state index in [1.54, 1.807) is 13.2 Å². The summed E-state index contributed by atoms with van der Waals surface area (Å²) in [7, 11) is 3.11. The number of hydrogen-bond donors (Lipinski definition) is 1. The molecule has 0 unspecified atom stereocenters. The van der Waals surface area contributed by atoms with E-state index in [4.69, 9.17) is 14.2 Å². The average Bonchev–Trinajstić information content (AvgIpc) is 3.01. The number of carbonyl (C=O) groups excluding carboxylic acids is 1. The monoisotopic (exact) mass is 580 g/mol. The van der Waals surface area contributed by atoms with Crippen molar-refractivity contribution in [2.75, 3.05) is 20.8 Å². The number of ether oxygens (including phenoxy) is 3. The van der Waals surface area contributed by atoms with E-state index in [9.17, 15) is 14.7 Å². The van der Waals surface area contributed by atoms with E-state index < -0.39 is 11.9 Å². The molecule has 0 aliphatic heterocycles. The minimum atomic E-state index is -0.792. The summed E-state index contributed by atoms with van der Waals surface area (Å²) < 4.78 is 15.5. The lowest BCUT2D eigenvalue weighted by molar-refractivity contribution is -0.142. The fraction of sp³-hybridized carbons (Fsp3) is 0.500. The molecule has 0 radical (unpaired) electrons. The van der Waals surface area contributed by atoms with Crippen LogP contribution in [0.2, 0.25) is 0 Å². The van der Waals surface area contributed by atoms with E-state index in [0.29, 0.717) is 18.6 Å². The Balaban J connectivity index is 0.000000420. The summed E-state index contributed by atoms with van der Waals surface area (Å²) in [6.45, 7) is 6.82. The van der Waals surface area contributed by atoms with Crippen molar-refractivity contribution in [3.8, 4) is 5.75 Å². The first-order valence-corrected chi connectivity index (χ1v) is 15.5. The maximum Gasteiger partial charge on any atom is 0.373 e. The van der Waals surface area contributed by atoms with E-state index in [2.05, 4.69) is 13.8 Å². The standard InChI is InChI=1S/2C18H26O3/c1-4-6-7-8-9-17(18(19)20)16(5-2)14-10-12-15(21-3)13-11-14;1-3-4-5-6-7-11-14-21-18(19)17(20-2)15-16-12-9-8-10-13-16/h10-13H,4-9H2,1-3H3,(H,19,20);8-10,12-13,15H,3-7,11,14H2,1-2H3. The number of benzene rings is 2. The fourth-order valence-electron chi connectivity index (χ4n) is 4.52. The molecule has 2 aromatic rings. The molecule has 0 atom stereocenters. The zero-order valence-electron chi connectivity index (χ0n) is 26.5. The molecule has 0 aliphatic rings. The predicted octanol–water partition coefficient (Wildman–Crippen LogP) is 9.49. The summed E-state index contributed by atoms with van der Waals surface area (Å²) in [5, 5.41) is 9.51. The molecule has 2 aromatic carbocycles. The summed E-state index contributed by atoms with van der Waals surface area (Å²) in [5.41, 5.74) is 3.39. The second-order valence-corrected chi connectivity index (χ2v) is 10.2. The third kappa shape index (κ3) is 14.9. The fourth-order valence-corrected chi connectivity index (χ4v) is 4.52. The van der Waals surface area contributed by atoms with Gasteiger partial charge in [-0.3, -0.25) is 0 Å². The minimum absolute atomic E-state index is 0.243. The number of carbonyl (C=O) groups is 2. The van der Waals surface area contributed by atoms with E-state index >= 15 is 0 Å². The first-order valence-electron chi connectivity index (χ1n) is 15.5. The molecule has 0 bridgehead atoms. The van der Waals surface area contributed by atoms with Crippen molar-refractivity contribution in [2.24, 2.45) is 0 Å². The van der Waals surface area contributed by atoms with Crippen LogP contribution in [0.5, 0.6) is 5.75 Å². The molecule has 6 nitrogen and oxygen atoms in total. The zero-order valence-corrected chi connectivity index (χ0v) is 26.5. The maximum absolute atomic E-state index is 11.9. The Bertz CT molecular complexity index is 1070. The highest BCUT2D eigenvalue weighted by Gasteiger charge is 2.15. The second-order valence-electron chi connectivity index (χ2n) is 10.2. The molecule has 232 valence electrons. The van der Waals surface area contributed by atoms with Gasteiger partial charge in [0.25, 0.3) is 0 Å². The van der Waals surface area contributed by atoms with Gasteiger partial charge in [-0.1, -0.05) is 115 Å². The van der Waals surface area contributed by atoms with Gasteiger partial charge in [-0.2, -0.15) is 0 Å². The number of carboxylic acid groups (broad SMARTS) is 1. The summed E-state index contributed by atoms with van der Waals surface area (Å²) in [6, 6.07) is 17.2. The number of methoxy groups -OCH3 is 2. The Labute approximate surface area is 253 Å². The molecular weight excluding hydrogens is 528 g/mol. The lowest BCUT2D eigenvalue weighted by Crippen LogP contribution is -2.10. The third-order valence-electron chi connectivity index (χ3n) is 6.94. The summed E-state index contributed by atoms with van der Waals surface area (Å²) in [5.74, 6) is -0.157. The number of unbranched alkanes of at least 4 members (excludes halogenated alkanes) is 8.